The molecule has 11 heteroatoms. The van der Waals surface area contributed by atoms with Crippen LogP contribution in [0.25, 0.3) is 22.2 Å². The molecule has 0 bridgehead atoms. The molecule has 3 aromatic heterocycles. The van der Waals surface area contributed by atoms with Gasteiger partial charge in [0.15, 0.2) is 11.5 Å². The molecule has 206 valence electrons. The van der Waals surface area contributed by atoms with Crippen LogP contribution in [-0.4, -0.2) is 61.2 Å². The van der Waals surface area contributed by atoms with Gasteiger partial charge in [-0.1, -0.05) is 56.8 Å². The molecule has 2 aliphatic rings. The summed E-state index contributed by atoms with van der Waals surface area (Å²) in [6.45, 7) is 10.7. The molecule has 1 aromatic carbocycles. The van der Waals surface area contributed by atoms with Crippen molar-refractivity contribution in [3.8, 4) is 11.1 Å². The molecule has 6 rings (SSSR count). The molecule has 0 radical (unpaired) electrons. The first-order valence-corrected chi connectivity index (χ1v) is 13.5. The molecule has 1 saturated carbocycles. The molecule has 3 N–H and O–H groups in total. The van der Waals surface area contributed by atoms with E-state index in [1.54, 1.807) is 11.1 Å². The second-order valence-corrected chi connectivity index (χ2v) is 11.6. The lowest BCUT2D eigenvalue weighted by Crippen LogP contribution is -2.35. The molecular weight excluding hydrogens is 508 g/mol. The number of carbonyl (C=O) groups excluding carboxylic acids is 2. The van der Waals surface area contributed by atoms with E-state index in [0.29, 0.717) is 30.4 Å². The van der Waals surface area contributed by atoms with E-state index in [-0.39, 0.29) is 29.1 Å². The highest BCUT2D eigenvalue weighted by atomic mass is 16.5. The average molecular weight is 541 g/mol. The van der Waals surface area contributed by atoms with Crippen LogP contribution in [0.3, 0.4) is 0 Å². The maximum Gasteiger partial charge on any atom is 0.293 e. The van der Waals surface area contributed by atoms with Gasteiger partial charge in [-0.15, -0.1) is 0 Å². The Kier molecular flexibility index (Phi) is 6.16. The number of anilines is 1. The molecule has 1 aliphatic heterocycles. The first kappa shape index (κ1) is 25.7. The number of likely N-dealkylation sites (tertiary alicyclic amines) is 1. The van der Waals surface area contributed by atoms with Crippen LogP contribution < -0.4 is 10.6 Å². The fourth-order valence-electron chi connectivity index (χ4n) is 5.17. The van der Waals surface area contributed by atoms with Crippen molar-refractivity contribution in [1.29, 1.82) is 0 Å². The van der Waals surface area contributed by atoms with E-state index in [0.717, 1.165) is 41.3 Å². The number of benzene rings is 1. The number of aromatic nitrogens is 5. The Labute approximate surface area is 231 Å². The third kappa shape index (κ3) is 4.72. The Morgan fingerprint density at radius 2 is 1.98 bits per heavy atom. The van der Waals surface area contributed by atoms with Crippen LogP contribution in [0.4, 0.5) is 5.82 Å². The van der Waals surface area contributed by atoms with Crippen LogP contribution >= 0.6 is 0 Å². The number of H-pyrrole nitrogens is 1. The third-order valence-electron chi connectivity index (χ3n) is 7.60. The topological polar surface area (TPSA) is 142 Å². The minimum absolute atomic E-state index is 0.0474. The quantitative estimate of drug-likeness (QED) is 0.300. The predicted octanol–water partition coefficient (Wildman–Crippen LogP) is 3.92. The average Bonchev–Trinajstić information content (AvgIpc) is 3.33. The third-order valence-corrected chi connectivity index (χ3v) is 7.60. The molecule has 1 aliphatic carbocycles. The highest BCUT2D eigenvalue weighted by Gasteiger charge is 2.46. The fraction of sp³-hybridized carbons (Fsp3) is 0.379. The minimum atomic E-state index is -0.439. The zero-order valence-corrected chi connectivity index (χ0v) is 22.8. The van der Waals surface area contributed by atoms with E-state index in [4.69, 9.17) is 4.52 Å². The summed E-state index contributed by atoms with van der Waals surface area (Å²) in [6.07, 6.45) is 5.61. The van der Waals surface area contributed by atoms with Crippen molar-refractivity contribution < 1.29 is 14.1 Å². The van der Waals surface area contributed by atoms with Crippen molar-refractivity contribution in [2.24, 2.45) is 0 Å². The zero-order chi connectivity index (χ0) is 28.1. The second-order valence-electron chi connectivity index (χ2n) is 11.6. The smallest absolute Gasteiger partial charge is 0.293 e. The van der Waals surface area contributed by atoms with Gasteiger partial charge in [-0.3, -0.25) is 14.7 Å². The maximum atomic E-state index is 12.9. The van der Waals surface area contributed by atoms with Crippen LogP contribution in [0.15, 0.2) is 53.7 Å². The Morgan fingerprint density at radius 1 is 1.20 bits per heavy atom. The lowest BCUT2D eigenvalue weighted by atomic mass is 9.97. The molecule has 0 spiro atoms. The van der Waals surface area contributed by atoms with Crippen LogP contribution in [0.2, 0.25) is 0 Å². The Hall–Kier alpha value is -4.54. The molecule has 4 heterocycles. The van der Waals surface area contributed by atoms with Gasteiger partial charge in [0.05, 0.1) is 10.9 Å². The number of pyridine rings is 1. The number of nitrogens with zero attached hydrogens (tertiary/aromatic N) is 5. The van der Waals surface area contributed by atoms with Crippen molar-refractivity contribution >= 4 is 28.7 Å². The van der Waals surface area contributed by atoms with Crippen molar-refractivity contribution in [1.82, 2.24) is 35.5 Å². The number of hydrogen-bond donors (Lipinski definition) is 3. The van der Waals surface area contributed by atoms with Crippen LogP contribution in [0.1, 0.15) is 62.1 Å². The van der Waals surface area contributed by atoms with Crippen molar-refractivity contribution in [3.05, 3.63) is 66.5 Å². The standard InChI is InChI=1S/C29H32N8O3/c1-5-21(38)37-15-11-19(16-37)31-24-22-20(10-14-30-23(22)34-35-24)17-6-8-18(9-7-17)29(12-13-29)33-26(39)25-32-27(40-36-25)28(2,3)4/h5-10,14,19H,1,11-13,15-16H2,2-4H3,(H,33,39)(H2,30,31,34,35)/t19-/m1/s1. The number of aromatic amines is 1. The van der Waals surface area contributed by atoms with Gasteiger partial charge in [0.25, 0.3) is 11.7 Å². The van der Waals surface area contributed by atoms with E-state index in [2.05, 4.69) is 66.8 Å². The van der Waals surface area contributed by atoms with Crippen LogP contribution in [0, 0.1) is 0 Å². The monoisotopic (exact) mass is 540 g/mol. The van der Waals surface area contributed by atoms with Crippen molar-refractivity contribution in [2.75, 3.05) is 18.4 Å². The Balaban J connectivity index is 1.21. The summed E-state index contributed by atoms with van der Waals surface area (Å²) in [7, 11) is 0. The number of nitrogens with one attached hydrogen (secondary N) is 3. The number of rotatable bonds is 7. The molecule has 40 heavy (non-hydrogen) atoms. The summed E-state index contributed by atoms with van der Waals surface area (Å²) >= 11 is 0. The van der Waals surface area contributed by atoms with Gasteiger partial charge < -0.3 is 20.1 Å². The summed E-state index contributed by atoms with van der Waals surface area (Å²) in [5, 5.41) is 18.9. The van der Waals surface area contributed by atoms with Crippen molar-refractivity contribution in [2.45, 2.75) is 57.0 Å². The zero-order valence-electron chi connectivity index (χ0n) is 22.8. The lowest BCUT2D eigenvalue weighted by molar-refractivity contribution is -0.125. The van der Waals surface area contributed by atoms with E-state index < -0.39 is 5.54 Å². The molecule has 2 fully saturated rings. The molecule has 1 saturated heterocycles. The Morgan fingerprint density at radius 3 is 2.65 bits per heavy atom. The molecule has 0 unspecified atom stereocenters. The van der Waals surface area contributed by atoms with Gasteiger partial charge in [-0.05, 0) is 48.1 Å². The number of hydrogen-bond acceptors (Lipinski definition) is 8. The summed E-state index contributed by atoms with van der Waals surface area (Å²) in [6, 6.07) is 10.3. The van der Waals surface area contributed by atoms with Gasteiger partial charge >= 0.3 is 0 Å². The predicted molar refractivity (Wildman–Crippen MR) is 150 cm³/mol. The molecule has 1 atom stereocenters. The van der Waals surface area contributed by atoms with Gasteiger partial charge in [-0.25, -0.2) is 4.98 Å². The van der Waals surface area contributed by atoms with Gasteiger partial charge in [0.2, 0.25) is 11.8 Å². The number of fused-ring (bicyclic) bond motifs is 1. The fourth-order valence-corrected chi connectivity index (χ4v) is 5.17. The van der Waals surface area contributed by atoms with E-state index in [1.165, 1.54) is 6.08 Å². The lowest BCUT2D eigenvalue weighted by Gasteiger charge is -2.18. The van der Waals surface area contributed by atoms with E-state index in [9.17, 15) is 9.59 Å². The van der Waals surface area contributed by atoms with Crippen LogP contribution in [-0.2, 0) is 15.7 Å². The highest BCUT2D eigenvalue weighted by Crippen LogP contribution is 2.46. The summed E-state index contributed by atoms with van der Waals surface area (Å²) in [5.41, 5.74) is 2.93. The molecule has 11 nitrogen and oxygen atoms in total. The van der Waals surface area contributed by atoms with E-state index >= 15 is 0 Å². The van der Waals surface area contributed by atoms with Crippen LogP contribution in [0.5, 0.6) is 0 Å². The van der Waals surface area contributed by atoms with Gasteiger partial charge in [-0.2, -0.15) is 10.1 Å². The minimum Gasteiger partial charge on any atom is -0.363 e. The Bertz CT molecular complexity index is 1590. The van der Waals surface area contributed by atoms with Gasteiger partial charge in [0.1, 0.15) is 0 Å². The number of amides is 2. The van der Waals surface area contributed by atoms with E-state index in [1.807, 2.05) is 26.8 Å². The normalized spacial score (nSPS) is 18.1. The largest absolute Gasteiger partial charge is 0.363 e. The summed E-state index contributed by atoms with van der Waals surface area (Å²) < 4.78 is 5.30. The molecule has 2 amide bonds. The SMILES string of the molecule is C=CC(=O)N1CC[C@@H](Nc2n[nH]c3nccc(-c4ccc(C5(NC(=O)c6noc(C(C)(C)C)n6)CC5)cc4)c23)C1. The second kappa shape index (κ2) is 9.58. The van der Waals surface area contributed by atoms with Gasteiger partial charge in [0, 0.05) is 30.7 Å². The first-order valence-electron chi connectivity index (χ1n) is 13.5. The maximum absolute atomic E-state index is 12.9. The summed E-state index contributed by atoms with van der Waals surface area (Å²) in [5.74, 6) is 0.785. The molecule has 4 aromatic rings. The summed E-state index contributed by atoms with van der Waals surface area (Å²) in [4.78, 5) is 35.5. The molecular formula is C29H32N8O3. The highest BCUT2D eigenvalue weighted by molar-refractivity contribution is 6.00. The number of carbonyl (C=O) groups is 2. The van der Waals surface area contributed by atoms with Crippen molar-refractivity contribution in [3.63, 3.8) is 0 Å². The first-order chi connectivity index (χ1) is 19.2.